The van der Waals surface area contributed by atoms with Crippen LogP contribution in [0.2, 0.25) is 0 Å². The number of nitrogen functional groups attached to an aromatic ring is 1. The molecule has 3 heterocycles. The Bertz CT molecular complexity index is 1060. The number of hydrogen-bond donors (Lipinski definition) is 1. The average Bonchev–Trinajstić information content (AvgIpc) is 3.25. The van der Waals surface area contributed by atoms with Gasteiger partial charge >= 0.3 is 0 Å². The number of nitrogens with two attached hydrogens (primary N) is 1. The Labute approximate surface area is 158 Å². The van der Waals surface area contributed by atoms with Crippen molar-refractivity contribution in [2.45, 2.75) is 6.54 Å². The molecule has 0 spiro atoms. The number of halogens is 3. The maximum Gasteiger partial charge on any atom is 0.263 e. The average molecular weight is 391 g/mol. The van der Waals surface area contributed by atoms with Crippen LogP contribution in [0.5, 0.6) is 0 Å². The highest BCUT2D eigenvalue weighted by atomic mass is 35.5. The summed E-state index contributed by atoms with van der Waals surface area (Å²) in [5, 5.41) is 3.80. The van der Waals surface area contributed by atoms with Gasteiger partial charge in [-0.25, -0.2) is 18.7 Å². The van der Waals surface area contributed by atoms with Gasteiger partial charge in [-0.3, -0.25) is 0 Å². The Morgan fingerprint density at radius 3 is 2.59 bits per heavy atom. The van der Waals surface area contributed by atoms with E-state index in [4.69, 9.17) is 10.3 Å². The summed E-state index contributed by atoms with van der Waals surface area (Å²) in [6.45, 7) is 0.205. The van der Waals surface area contributed by atoms with Crippen LogP contribution in [0.3, 0.4) is 0 Å². The molecule has 0 aliphatic heterocycles. The fourth-order valence-electron chi connectivity index (χ4n) is 2.56. The highest BCUT2D eigenvalue weighted by Gasteiger charge is 2.18. The third kappa shape index (κ3) is 3.63. The van der Waals surface area contributed by atoms with Crippen molar-refractivity contribution in [1.82, 2.24) is 24.7 Å². The van der Waals surface area contributed by atoms with Crippen molar-refractivity contribution < 1.29 is 13.3 Å². The third-order valence-corrected chi connectivity index (χ3v) is 3.71. The molecule has 0 aliphatic carbocycles. The van der Waals surface area contributed by atoms with Gasteiger partial charge in [0.1, 0.15) is 28.8 Å². The molecule has 0 radical (unpaired) electrons. The molecule has 10 heteroatoms. The predicted molar refractivity (Wildman–Crippen MR) is 95.9 cm³/mol. The molecule has 4 aromatic rings. The smallest absolute Gasteiger partial charge is 0.263 e. The summed E-state index contributed by atoms with van der Waals surface area (Å²) >= 11 is 0. The molecule has 3 aromatic heterocycles. The van der Waals surface area contributed by atoms with Crippen LogP contribution in [0.15, 0.2) is 53.4 Å². The zero-order valence-electron chi connectivity index (χ0n) is 13.7. The summed E-state index contributed by atoms with van der Waals surface area (Å²) < 4.78 is 34.5. The molecule has 0 atom stereocenters. The summed E-state index contributed by atoms with van der Waals surface area (Å²) in [4.78, 5) is 12.3. The summed E-state index contributed by atoms with van der Waals surface area (Å²) in [6, 6.07) is 6.98. The molecule has 0 saturated heterocycles. The first kappa shape index (κ1) is 18.5. The summed E-state index contributed by atoms with van der Waals surface area (Å²) in [7, 11) is 0. The predicted octanol–water partition coefficient (Wildman–Crippen LogP) is 3.33. The Kier molecular flexibility index (Phi) is 5.13. The zero-order chi connectivity index (χ0) is 18.1. The molecule has 138 valence electrons. The highest BCUT2D eigenvalue weighted by Crippen LogP contribution is 2.25. The first-order valence-corrected chi connectivity index (χ1v) is 7.62. The monoisotopic (exact) mass is 390 g/mol. The van der Waals surface area contributed by atoms with Crippen LogP contribution in [0.25, 0.3) is 22.8 Å². The van der Waals surface area contributed by atoms with Crippen LogP contribution in [-0.2, 0) is 6.54 Å². The standard InChI is InChI=1S/C17H12F2N6O.ClH/c18-11-2-1-3-12(19)15(11)17-23-14(24-26-17)9-25-7-6-22-16(25)10-4-5-21-13(20)8-10;/h1-8H,9H2,(H2,20,21);1H. The van der Waals surface area contributed by atoms with Crippen molar-refractivity contribution in [2.75, 3.05) is 5.73 Å². The molecule has 0 amide bonds. The van der Waals surface area contributed by atoms with E-state index in [-0.39, 0.29) is 36.2 Å². The second-order valence-corrected chi connectivity index (χ2v) is 5.46. The molecule has 2 N–H and O–H groups in total. The van der Waals surface area contributed by atoms with Gasteiger partial charge < -0.3 is 14.8 Å². The number of anilines is 1. The maximum atomic E-state index is 13.8. The number of aromatic nitrogens is 5. The molecule has 0 bridgehead atoms. The second-order valence-electron chi connectivity index (χ2n) is 5.46. The fourth-order valence-corrected chi connectivity index (χ4v) is 2.56. The number of pyridine rings is 1. The third-order valence-electron chi connectivity index (χ3n) is 3.71. The van der Waals surface area contributed by atoms with Gasteiger partial charge in [-0.05, 0) is 24.3 Å². The van der Waals surface area contributed by atoms with Crippen LogP contribution >= 0.6 is 12.4 Å². The quantitative estimate of drug-likeness (QED) is 0.574. The maximum absolute atomic E-state index is 13.8. The van der Waals surface area contributed by atoms with Gasteiger partial charge in [-0.15, -0.1) is 12.4 Å². The van der Waals surface area contributed by atoms with Crippen molar-refractivity contribution in [1.29, 1.82) is 0 Å². The van der Waals surface area contributed by atoms with Crippen LogP contribution < -0.4 is 5.73 Å². The van der Waals surface area contributed by atoms with Crippen LogP contribution in [-0.4, -0.2) is 24.7 Å². The zero-order valence-corrected chi connectivity index (χ0v) is 14.5. The normalized spacial score (nSPS) is 10.6. The van der Waals surface area contributed by atoms with E-state index in [9.17, 15) is 8.78 Å². The molecule has 0 fully saturated rings. The lowest BCUT2D eigenvalue weighted by atomic mass is 10.2. The summed E-state index contributed by atoms with van der Waals surface area (Å²) in [5.41, 5.74) is 6.13. The largest absolute Gasteiger partial charge is 0.384 e. The molecule has 0 aliphatic rings. The van der Waals surface area contributed by atoms with Gasteiger partial charge in [0.05, 0.1) is 6.54 Å². The highest BCUT2D eigenvalue weighted by molar-refractivity contribution is 5.85. The molecule has 1 aromatic carbocycles. The van der Waals surface area contributed by atoms with Crippen LogP contribution in [0, 0.1) is 11.6 Å². The topological polar surface area (TPSA) is 95.7 Å². The van der Waals surface area contributed by atoms with E-state index in [1.54, 1.807) is 35.3 Å². The van der Waals surface area contributed by atoms with Crippen molar-refractivity contribution in [3.05, 3.63) is 66.4 Å². The van der Waals surface area contributed by atoms with Gasteiger partial charge in [0.2, 0.25) is 0 Å². The molecule has 0 saturated carbocycles. The second kappa shape index (κ2) is 7.50. The Morgan fingerprint density at radius 1 is 1.07 bits per heavy atom. The number of nitrogens with zero attached hydrogens (tertiary/aromatic N) is 5. The van der Waals surface area contributed by atoms with Gasteiger partial charge in [0, 0.05) is 24.2 Å². The lowest BCUT2D eigenvalue weighted by molar-refractivity contribution is 0.415. The van der Waals surface area contributed by atoms with E-state index >= 15 is 0 Å². The van der Waals surface area contributed by atoms with Gasteiger partial charge in [0.25, 0.3) is 5.89 Å². The fraction of sp³-hybridized carbons (Fsp3) is 0.0588. The number of rotatable bonds is 4. The van der Waals surface area contributed by atoms with E-state index in [0.717, 1.165) is 17.7 Å². The molecule has 0 unspecified atom stereocenters. The minimum Gasteiger partial charge on any atom is -0.384 e. The van der Waals surface area contributed by atoms with Crippen molar-refractivity contribution in [3.63, 3.8) is 0 Å². The van der Waals surface area contributed by atoms with E-state index in [2.05, 4.69) is 20.1 Å². The van der Waals surface area contributed by atoms with Crippen molar-refractivity contribution >= 4 is 18.2 Å². The molecule has 7 nitrogen and oxygen atoms in total. The van der Waals surface area contributed by atoms with Crippen LogP contribution in [0.4, 0.5) is 14.6 Å². The molecular weight excluding hydrogens is 378 g/mol. The lowest BCUT2D eigenvalue weighted by Crippen LogP contribution is -2.03. The Hall–Kier alpha value is -3.33. The summed E-state index contributed by atoms with van der Waals surface area (Å²) in [5.74, 6) is -0.502. The number of benzene rings is 1. The van der Waals surface area contributed by atoms with Gasteiger partial charge in [-0.2, -0.15) is 4.98 Å². The minimum atomic E-state index is -0.768. The number of imidazole rings is 1. The first-order chi connectivity index (χ1) is 12.6. The Balaban J connectivity index is 0.00000210. The van der Waals surface area contributed by atoms with E-state index in [1.807, 2.05) is 0 Å². The molecule has 27 heavy (non-hydrogen) atoms. The molecule has 4 rings (SSSR count). The van der Waals surface area contributed by atoms with Crippen molar-refractivity contribution in [3.8, 4) is 22.8 Å². The van der Waals surface area contributed by atoms with E-state index < -0.39 is 11.6 Å². The minimum absolute atomic E-state index is 0. The Morgan fingerprint density at radius 2 is 1.85 bits per heavy atom. The van der Waals surface area contributed by atoms with Crippen molar-refractivity contribution in [2.24, 2.45) is 0 Å². The van der Waals surface area contributed by atoms with E-state index in [0.29, 0.717) is 11.6 Å². The summed E-state index contributed by atoms with van der Waals surface area (Å²) in [6.07, 6.45) is 4.92. The SMILES string of the molecule is Cl.Nc1cc(-c2nccn2Cc2noc(-c3c(F)cccc3F)n2)ccn1. The number of hydrogen-bond acceptors (Lipinski definition) is 6. The first-order valence-electron chi connectivity index (χ1n) is 7.62. The van der Waals surface area contributed by atoms with Crippen LogP contribution in [0.1, 0.15) is 5.82 Å². The molecular formula is C17H13ClF2N6O. The van der Waals surface area contributed by atoms with E-state index in [1.165, 1.54) is 6.07 Å². The van der Waals surface area contributed by atoms with Gasteiger partial charge in [0.15, 0.2) is 5.82 Å². The lowest BCUT2D eigenvalue weighted by Gasteiger charge is -2.05. The van der Waals surface area contributed by atoms with Gasteiger partial charge in [-0.1, -0.05) is 11.2 Å².